The van der Waals surface area contributed by atoms with Crippen molar-refractivity contribution in [3.63, 3.8) is 0 Å². The minimum absolute atomic E-state index is 0.205. The van der Waals surface area contributed by atoms with Crippen molar-refractivity contribution in [2.45, 2.75) is 6.54 Å². The molecule has 1 aliphatic rings. The number of hydroxylamine groups is 2. The number of allylic oxidation sites excluding steroid dienone is 4. The maximum atomic E-state index is 11.6. The van der Waals surface area contributed by atoms with E-state index in [-0.39, 0.29) is 11.5 Å². The second kappa shape index (κ2) is 6.54. The number of hydrogen-bond acceptors (Lipinski definition) is 4. The molecule has 5 heteroatoms. The molecule has 1 aromatic rings. The first-order valence-corrected chi connectivity index (χ1v) is 6.78. The molecule has 0 saturated heterocycles. The minimum atomic E-state index is -0.205. The van der Waals surface area contributed by atoms with Crippen molar-refractivity contribution in [3.05, 3.63) is 70.1 Å². The van der Waals surface area contributed by atoms with Crippen LogP contribution in [0, 0.1) is 0 Å². The molecule has 1 aromatic carbocycles. The molecule has 0 aliphatic heterocycles. The molecular weight excluding hydrogens is 322 g/mol. The quantitative estimate of drug-likeness (QED) is 0.858. The lowest BCUT2D eigenvalue weighted by molar-refractivity contribution is -0.114. The molecular formula is C15H14BrNO3. The summed E-state index contributed by atoms with van der Waals surface area (Å²) in [5.41, 5.74) is 1.65. The number of benzene rings is 1. The molecule has 0 aromatic heterocycles. The van der Waals surface area contributed by atoms with Gasteiger partial charge in [0.1, 0.15) is 0 Å². The number of nitrogens with zero attached hydrogens (tertiary/aromatic N) is 1. The summed E-state index contributed by atoms with van der Waals surface area (Å²) in [7, 11) is 1.44. The van der Waals surface area contributed by atoms with E-state index in [0.29, 0.717) is 16.6 Å². The van der Waals surface area contributed by atoms with Crippen molar-refractivity contribution in [1.29, 1.82) is 0 Å². The molecule has 1 N–H and O–H groups in total. The first-order chi connectivity index (χ1) is 9.60. The van der Waals surface area contributed by atoms with E-state index in [4.69, 9.17) is 4.74 Å². The Balaban J connectivity index is 2.15. The number of ketones is 1. The van der Waals surface area contributed by atoms with E-state index < -0.39 is 0 Å². The van der Waals surface area contributed by atoms with E-state index in [1.165, 1.54) is 13.2 Å². The highest BCUT2D eigenvalue weighted by atomic mass is 79.9. The third-order valence-corrected chi connectivity index (χ3v) is 3.45. The summed E-state index contributed by atoms with van der Waals surface area (Å²) in [5, 5.41) is 11.0. The zero-order valence-electron chi connectivity index (χ0n) is 10.9. The van der Waals surface area contributed by atoms with Gasteiger partial charge in [-0.2, -0.15) is 0 Å². The SMILES string of the molecule is COC1=C/C(=C/N(O)Cc2ccccc2)C(Br)=CC1=O. The van der Waals surface area contributed by atoms with Crippen LogP contribution in [0.3, 0.4) is 0 Å². The van der Waals surface area contributed by atoms with Gasteiger partial charge in [-0.05, 0) is 27.6 Å². The molecule has 0 fully saturated rings. The van der Waals surface area contributed by atoms with Crippen LogP contribution < -0.4 is 0 Å². The van der Waals surface area contributed by atoms with Gasteiger partial charge in [0.25, 0.3) is 0 Å². The van der Waals surface area contributed by atoms with Crippen LogP contribution in [0.25, 0.3) is 0 Å². The zero-order chi connectivity index (χ0) is 14.5. The standard InChI is InChI=1S/C15H14BrNO3/c1-20-15-7-12(13(16)8-14(15)18)10-17(19)9-11-5-3-2-4-6-11/h2-8,10,19H,9H2,1H3/b12-10-. The van der Waals surface area contributed by atoms with Crippen molar-refractivity contribution in [2.75, 3.05) is 7.11 Å². The fraction of sp³-hybridized carbons (Fsp3) is 0.133. The highest BCUT2D eigenvalue weighted by Gasteiger charge is 2.17. The molecule has 0 heterocycles. The molecule has 0 saturated carbocycles. The monoisotopic (exact) mass is 335 g/mol. The third kappa shape index (κ3) is 3.59. The lowest BCUT2D eigenvalue weighted by atomic mass is 10.1. The average Bonchev–Trinajstić information content (AvgIpc) is 2.43. The Morgan fingerprint density at radius 1 is 1.30 bits per heavy atom. The largest absolute Gasteiger partial charge is 0.493 e. The lowest BCUT2D eigenvalue weighted by Gasteiger charge is -2.16. The first kappa shape index (κ1) is 14.6. The molecule has 2 rings (SSSR count). The van der Waals surface area contributed by atoms with Crippen molar-refractivity contribution >= 4 is 21.7 Å². The highest BCUT2D eigenvalue weighted by Crippen LogP contribution is 2.26. The fourth-order valence-electron chi connectivity index (χ4n) is 1.79. The predicted octanol–water partition coefficient (Wildman–Crippen LogP) is 3.15. The van der Waals surface area contributed by atoms with Crippen LogP contribution in [0.1, 0.15) is 5.56 Å². The Labute approximate surface area is 125 Å². The molecule has 0 bridgehead atoms. The number of ether oxygens (including phenoxy) is 1. The second-order valence-electron chi connectivity index (χ2n) is 4.24. The van der Waals surface area contributed by atoms with Crippen molar-refractivity contribution in [1.82, 2.24) is 5.06 Å². The van der Waals surface area contributed by atoms with Gasteiger partial charge in [-0.3, -0.25) is 15.1 Å². The fourth-order valence-corrected chi connectivity index (χ4v) is 2.21. The molecule has 0 spiro atoms. The van der Waals surface area contributed by atoms with Crippen LogP contribution in [0.2, 0.25) is 0 Å². The maximum absolute atomic E-state index is 11.6. The van der Waals surface area contributed by atoms with Crippen LogP contribution in [0.4, 0.5) is 0 Å². The van der Waals surface area contributed by atoms with Crippen LogP contribution in [-0.4, -0.2) is 23.2 Å². The Morgan fingerprint density at radius 3 is 2.65 bits per heavy atom. The summed E-state index contributed by atoms with van der Waals surface area (Å²) >= 11 is 3.30. The summed E-state index contributed by atoms with van der Waals surface area (Å²) in [6, 6.07) is 9.59. The van der Waals surface area contributed by atoms with E-state index in [2.05, 4.69) is 15.9 Å². The van der Waals surface area contributed by atoms with Gasteiger partial charge < -0.3 is 4.74 Å². The van der Waals surface area contributed by atoms with Gasteiger partial charge in [0, 0.05) is 22.3 Å². The van der Waals surface area contributed by atoms with Crippen molar-refractivity contribution < 1.29 is 14.7 Å². The number of halogens is 1. The second-order valence-corrected chi connectivity index (χ2v) is 5.09. The molecule has 0 atom stereocenters. The maximum Gasteiger partial charge on any atom is 0.221 e. The predicted molar refractivity (Wildman–Crippen MR) is 79.0 cm³/mol. The summed E-state index contributed by atoms with van der Waals surface area (Å²) in [6.07, 6.45) is 4.54. The first-order valence-electron chi connectivity index (χ1n) is 5.99. The van der Waals surface area contributed by atoms with E-state index in [9.17, 15) is 10.0 Å². The van der Waals surface area contributed by atoms with Crippen LogP contribution in [0.5, 0.6) is 0 Å². The smallest absolute Gasteiger partial charge is 0.221 e. The number of carbonyl (C=O) groups is 1. The van der Waals surface area contributed by atoms with Gasteiger partial charge in [0.15, 0.2) is 5.76 Å². The van der Waals surface area contributed by atoms with Crippen molar-refractivity contribution in [2.24, 2.45) is 0 Å². The van der Waals surface area contributed by atoms with E-state index >= 15 is 0 Å². The molecule has 0 amide bonds. The molecule has 104 valence electrons. The van der Waals surface area contributed by atoms with Gasteiger partial charge in [0.05, 0.1) is 13.7 Å². The van der Waals surface area contributed by atoms with Gasteiger partial charge in [-0.1, -0.05) is 30.3 Å². The third-order valence-electron chi connectivity index (χ3n) is 2.76. The Morgan fingerprint density at radius 2 is 2.00 bits per heavy atom. The normalized spacial score (nSPS) is 16.8. The highest BCUT2D eigenvalue weighted by molar-refractivity contribution is 9.12. The molecule has 0 unspecified atom stereocenters. The van der Waals surface area contributed by atoms with Crippen LogP contribution in [-0.2, 0) is 16.1 Å². The Bertz CT molecular complexity index is 590. The zero-order valence-corrected chi connectivity index (χ0v) is 12.5. The molecule has 4 nitrogen and oxygen atoms in total. The van der Waals surface area contributed by atoms with Gasteiger partial charge in [-0.25, -0.2) is 0 Å². The van der Waals surface area contributed by atoms with Crippen LogP contribution in [0.15, 0.2) is 64.5 Å². The lowest BCUT2D eigenvalue weighted by Crippen LogP contribution is -2.14. The number of carbonyl (C=O) groups excluding carboxylic acids is 1. The average molecular weight is 336 g/mol. The summed E-state index contributed by atoms with van der Waals surface area (Å²) in [4.78, 5) is 11.6. The number of hydrogen-bond donors (Lipinski definition) is 1. The van der Waals surface area contributed by atoms with Gasteiger partial charge in [0.2, 0.25) is 5.78 Å². The summed E-state index contributed by atoms with van der Waals surface area (Å²) < 4.78 is 5.59. The Kier molecular flexibility index (Phi) is 4.76. The van der Waals surface area contributed by atoms with Crippen LogP contribution >= 0.6 is 15.9 Å². The molecule has 1 aliphatic carbocycles. The number of methoxy groups -OCH3 is 1. The molecule has 20 heavy (non-hydrogen) atoms. The summed E-state index contributed by atoms with van der Waals surface area (Å²) in [5.74, 6) is 0.0386. The minimum Gasteiger partial charge on any atom is -0.493 e. The summed E-state index contributed by atoms with van der Waals surface area (Å²) in [6.45, 7) is 0.356. The topological polar surface area (TPSA) is 49.8 Å². The molecule has 0 radical (unpaired) electrons. The van der Waals surface area contributed by atoms with E-state index in [0.717, 1.165) is 10.6 Å². The van der Waals surface area contributed by atoms with Gasteiger partial charge >= 0.3 is 0 Å². The van der Waals surface area contributed by atoms with Crippen molar-refractivity contribution in [3.8, 4) is 0 Å². The van der Waals surface area contributed by atoms with Gasteiger partial charge in [-0.15, -0.1) is 0 Å². The van der Waals surface area contributed by atoms with E-state index in [1.807, 2.05) is 30.3 Å². The number of rotatable bonds is 4. The van der Waals surface area contributed by atoms with E-state index in [1.54, 1.807) is 12.3 Å². The Hall–Kier alpha value is -1.85.